The van der Waals surface area contributed by atoms with E-state index in [4.69, 9.17) is 0 Å². The van der Waals surface area contributed by atoms with E-state index in [0.717, 1.165) is 16.7 Å². The summed E-state index contributed by atoms with van der Waals surface area (Å²) in [7, 11) is 0. The molecule has 2 heterocycles. The van der Waals surface area contributed by atoms with Crippen molar-refractivity contribution in [3.8, 4) is 0 Å². The summed E-state index contributed by atoms with van der Waals surface area (Å²) in [6.45, 7) is 2.07. The number of nitrogens with one attached hydrogen (secondary N) is 2. The first kappa shape index (κ1) is 11.5. The van der Waals surface area contributed by atoms with Crippen LogP contribution in [-0.2, 0) is 11.3 Å². The van der Waals surface area contributed by atoms with Crippen molar-refractivity contribution in [1.82, 2.24) is 19.7 Å². The van der Waals surface area contributed by atoms with Gasteiger partial charge in [0.1, 0.15) is 5.52 Å². The highest BCUT2D eigenvalue weighted by molar-refractivity contribution is 5.96. The summed E-state index contributed by atoms with van der Waals surface area (Å²) < 4.78 is 1.77. The molecule has 19 heavy (non-hydrogen) atoms. The highest BCUT2D eigenvalue weighted by Gasteiger charge is 2.13. The van der Waals surface area contributed by atoms with Gasteiger partial charge in [-0.1, -0.05) is 30.3 Å². The molecule has 0 fully saturated rings. The Balaban J connectivity index is 1.99. The number of amides is 1. The quantitative estimate of drug-likeness (QED) is 0.748. The molecule has 6 nitrogen and oxygen atoms in total. The van der Waals surface area contributed by atoms with Crippen LogP contribution in [0.5, 0.6) is 0 Å². The minimum Gasteiger partial charge on any atom is -0.340 e. The number of aromatic amines is 1. The van der Waals surface area contributed by atoms with Gasteiger partial charge in [-0.3, -0.25) is 4.79 Å². The summed E-state index contributed by atoms with van der Waals surface area (Å²) in [5, 5.41) is 7.07. The molecule has 0 aliphatic carbocycles. The number of H-pyrrole nitrogens is 1. The lowest BCUT2D eigenvalue weighted by atomic mass is 10.2. The SMILES string of the molecule is CC(=O)Nc1nn(Cc2ccccc2)c2nc[nH]c12. The van der Waals surface area contributed by atoms with Gasteiger partial charge in [0, 0.05) is 6.92 Å². The molecule has 0 unspecified atom stereocenters. The van der Waals surface area contributed by atoms with E-state index in [9.17, 15) is 4.79 Å². The minimum atomic E-state index is -0.152. The summed E-state index contributed by atoms with van der Waals surface area (Å²) in [5.74, 6) is 0.358. The maximum atomic E-state index is 11.2. The van der Waals surface area contributed by atoms with Crippen molar-refractivity contribution in [1.29, 1.82) is 0 Å². The third kappa shape index (κ3) is 2.20. The standard InChI is InChI=1S/C13H13N5O/c1-9(19)16-12-11-13(15-8-14-11)18(17-12)7-10-5-3-2-4-6-10/h2-6,8H,7H2,1H3,(H,14,15)(H,16,17,19). The molecule has 2 N–H and O–H groups in total. The Bertz CT molecular complexity index is 713. The van der Waals surface area contributed by atoms with Gasteiger partial charge in [0.25, 0.3) is 0 Å². The lowest BCUT2D eigenvalue weighted by molar-refractivity contribution is -0.114. The molecule has 3 aromatic rings. The van der Waals surface area contributed by atoms with Crippen LogP contribution in [-0.4, -0.2) is 25.7 Å². The Morgan fingerprint density at radius 2 is 2.16 bits per heavy atom. The number of nitrogens with zero attached hydrogens (tertiary/aromatic N) is 3. The zero-order chi connectivity index (χ0) is 13.2. The second-order valence-corrected chi connectivity index (χ2v) is 4.27. The Kier molecular flexibility index (Phi) is 2.75. The van der Waals surface area contributed by atoms with E-state index in [1.54, 1.807) is 11.0 Å². The number of imidazole rings is 1. The third-order valence-electron chi connectivity index (χ3n) is 2.79. The second-order valence-electron chi connectivity index (χ2n) is 4.27. The molecule has 0 saturated heterocycles. The van der Waals surface area contributed by atoms with Gasteiger partial charge in [-0.2, -0.15) is 5.10 Å². The van der Waals surface area contributed by atoms with Crippen molar-refractivity contribution >= 4 is 22.9 Å². The first-order chi connectivity index (χ1) is 9.24. The van der Waals surface area contributed by atoms with E-state index in [-0.39, 0.29) is 5.91 Å². The van der Waals surface area contributed by atoms with Gasteiger partial charge in [0.05, 0.1) is 12.9 Å². The predicted molar refractivity (Wildman–Crippen MR) is 71.7 cm³/mol. The number of hydrogen-bond acceptors (Lipinski definition) is 3. The predicted octanol–water partition coefficient (Wildman–Crippen LogP) is 1.77. The fourth-order valence-corrected chi connectivity index (χ4v) is 2.00. The van der Waals surface area contributed by atoms with Crippen molar-refractivity contribution in [3.05, 3.63) is 42.2 Å². The van der Waals surface area contributed by atoms with Gasteiger partial charge in [-0.05, 0) is 5.56 Å². The van der Waals surface area contributed by atoms with Crippen LogP contribution in [0, 0.1) is 0 Å². The minimum absolute atomic E-state index is 0.152. The summed E-state index contributed by atoms with van der Waals surface area (Å²) in [6, 6.07) is 9.99. The van der Waals surface area contributed by atoms with E-state index in [1.165, 1.54) is 6.92 Å². The molecule has 0 radical (unpaired) electrons. The number of benzene rings is 1. The van der Waals surface area contributed by atoms with Gasteiger partial charge in [-0.15, -0.1) is 0 Å². The van der Waals surface area contributed by atoms with Crippen molar-refractivity contribution in [2.45, 2.75) is 13.5 Å². The maximum Gasteiger partial charge on any atom is 0.222 e. The van der Waals surface area contributed by atoms with E-state index in [1.807, 2.05) is 30.3 Å². The van der Waals surface area contributed by atoms with Crippen LogP contribution < -0.4 is 5.32 Å². The molecule has 0 bridgehead atoms. The van der Waals surface area contributed by atoms with Gasteiger partial charge < -0.3 is 10.3 Å². The van der Waals surface area contributed by atoms with Gasteiger partial charge in [-0.25, -0.2) is 9.67 Å². The van der Waals surface area contributed by atoms with Crippen molar-refractivity contribution < 1.29 is 4.79 Å². The number of hydrogen-bond donors (Lipinski definition) is 2. The lowest BCUT2D eigenvalue weighted by Crippen LogP contribution is -2.08. The van der Waals surface area contributed by atoms with Crippen molar-refractivity contribution in [3.63, 3.8) is 0 Å². The lowest BCUT2D eigenvalue weighted by Gasteiger charge is -2.01. The molecule has 96 valence electrons. The first-order valence-corrected chi connectivity index (χ1v) is 5.95. The van der Waals surface area contributed by atoms with Gasteiger partial charge in [0.15, 0.2) is 11.5 Å². The highest BCUT2D eigenvalue weighted by atomic mass is 16.1. The molecule has 6 heteroatoms. The largest absolute Gasteiger partial charge is 0.340 e. The molecular formula is C13H13N5O. The zero-order valence-electron chi connectivity index (χ0n) is 10.4. The second kappa shape index (κ2) is 4.56. The molecular weight excluding hydrogens is 242 g/mol. The van der Waals surface area contributed by atoms with E-state index in [2.05, 4.69) is 20.4 Å². The molecule has 1 amide bonds. The Hall–Kier alpha value is -2.63. The van der Waals surface area contributed by atoms with Crippen LogP contribution in [0.3, 0.4) is 0 Å². The van der Waals surface area contributed by atoms with Crippen molar-refractivity contribution in [2.75, 3.05) is 5.32 Å². The van der Waals surface area contributed by atoms with Crippen LogP contribution in [0.4, 0.5) is 5.82 Å². The zero-order valence-corrected chi connectivity index (χ0v) is 10.4. The topological polar surface area (TPSA) is 75.6 Å². The average Bonchev–Trinajstić information content (AvgIpc) is 2.96. The molecule has 0 atom stereocenters. The van der Waals surface area contributed by atoms with E-state index in [0.29, 0.717) is 12.4 Å². The fraction of sp³-hybridized carbons (Fsp3) is 0.154. The number of carbonyl (C=O) groups is 1. The molecule has 2 aromatic heterocycles. The number of carbonyl (C=O) groups excluding carboxylic acids is 1. The van der Waals surface area contributed by atoms with Gasteiger partial charge >= 0.3 is 0 Å². The maximum absolute atomic E-state index is 11.2. The molecule has 0 saturated carbocycles. The Labute approximate surface area is 109 Å². The smallest absolute Gasteiger partial charge is 0.222 e. The number of anilines is 1. The van der Waals surface area contributed by atoms with Gasteiger partial charge in [0.2, 0.25) is 5.91 Å². The summed E-state index contributed by atoms with van der Waals surface area (Å²) in [5.41, 5.74) is 2.60. The monoisotopic (exact) mass is 255 g/mol. The Morgan fingerprint density at radius 1 is 1.37 bits per heavy atom. The van der Waals surface area contributed by atoms with Crippen LogP contribution in [0.15, 0.2) is 36.7 Å². The molecule has 0 spiro atoms. The van der Waals surface area contributed by atoms with Crippen LogP contribution in [0.25, 0.3) is 11.2 Å². The highest BCUT2D eigenvalue weighted by Crippen LogP contribution is 2.19. The first-order valence-electron chi connectivity index (χ1n) is 5.95. The fourth-order valence-electron chi connectivity index (χ4n) is 2.00. The molecule has 0 aliphatic rings. The van der Waals surface area contributed by atoms with E-state index >= 15 is 0 Å². The van der Waals surface area contributed by atoms with Crippen LogP contribution in [0.1, 0.15) is 12.5 Å². The average molecular weight is 255 g/mol. The molecule has 0 aliphatic heterocycles. The van der Waals surface area contributed by atoms with Crippen LogP contribution in [0.2, 0.25) is 0 Å². The van der Waals surface area contributed by atoms with Crippen molar-refractivity contribution in [2.24, 2.45) is 0 Å². The molecule has 1 aromatic carbocycles. The van der Waals surface area contributed by atoms with Crippen LogP contribution >= 0.6 is 0 Å². The van der Waals surface area contributed by atoms with E-state index < -0.39 is 0 Å². The summed E-state index contributed by atoms with van der Waals surface area (Å²) in [6.07, 6.45) is 1.60. The Morgan fingerprint density at radius 3 is 2.89 bits per heavy atom. The summed E-state index contributed by atoms with van der Waals surface area (Å²) in [4.78, 5) is 18.4. The summed E-state index contributed by atoms with van der Waals surface area (Å²) >= 11 is 0. The molecule has 3 rings (SSSR count). The number of fused-ring (bicyclic) bond motifs is 1. The number of rotatable bonds is 3. The third-order valence-corrected chi connectivity index (χ3v) is 2.79. The number of aromatic nitrogens is 4. The normalized spacial score (nSPS) is 10.8.